The highest BCUT2D eigenvalue weighted by molar-refractivity contribution is 7.18. The molecular formula is C29H23N3O4S. The first kappa shape index (κ1) is 23.2. The lowest BCUT2D eigenvalue weighted by Gasteiger charge is -2.37. The second-order valence-corrected chi connectivity index (χ2v) is 10.5. The minimum atomic E-state index is -1.27. The Kier molecular flexibility index (Phi) is 5.65. The van der Waals surface area contributed by atoms with Crippen molar-refractivity contribution in [3.63, 3.8) is 0 Å². The van der Waals surface area contributed by atoms with Gasteiger partial charge in [-0.3, -0.25) is 4.79 Å². The highest BCUT2D eigenvalue weighted by Gasteiger charge is 2.31. The summed E-state index contributed by atoms with van der Waals surface area (Å²) < 4.78 is 0.938. The van der Waals surface area contributed by atoms with Crippen LogP contribution in [0, 0.1) is 11.3 Å². The molecule has 2 N–H and O–H groups in total. The zero-order valence-corrected chi connectivity index (χ0v) is 20.7. The summed E-state index contributed by atoms with van der Waals surface area (Å²) in [6, 6.07) is 16.0. The van der Waals surface area contributed by atoms with Crippen LogP contribution in [0.2, 0.25) is 0 Å². The predicted octanol–water partition coefficient (Wildman–Crippen LogP) is 5.29. The molecule has 0 spiro atoms. The molecule has 7 nitrogen and oxygen atoms in total. The van der Waals surface area contributed by atoms with E-state index >= 15 is 0 Å². The fourth-order valence-electron chi connectivity index (χ4n) is 5.56. The standard InChI is InChI=1S/C29H23N3O4S/c30-15-22(28-31-23-7-1-2-8-24(23)37-28)16-9-10-18(20(13-16)29(35)36)26(33)21-14-17-5-3-11-32-12-4-6-19(25(17)32)27(21)34/h1-2,7-10,13-14,22,34H,3-6,11-12H2,(H,35,36). The third-order valence-corrected chi connectivity index (χ3v) is 8.38. The number of rotatable bonds is 5. The van der Waals surface area contributed by atoms with Crippen LogP contribution in [0.25, 0.3) is 10.2 Å². The highest BCUT2D eigenvalue weighted by Crippen LogP contribution is 2.43. The van der Waals surface area contributed by atoms with Crippen LogP contribution in [0.5, 0.6) is 5.75 Å². The van der Waals surface area contributed by atoms with Crippen molar-refractivity contribution < 1.29 is 19.8 Å². The Labute approximate surface area is 217 Å². The summed E-state index contributed by atoms with van der Waals surface area (Å²) in [6.07, 6.45) is 3.37. The molecule has 0 amide bonds. The number of carboxylic acid groups (broad SMARTS) is 1. The molecule has 0 aliphatic carbocycles. The second-order valence-electron chi connectivity index (χ2n) is 9.47. The Morgan fingerprint density at radius 1 is 1.03 bits per heavy atom. The zero-order chi connectivity index (χ0) is 25.7. The molecule has 184 valence electrons. The molecule has 2 aliphatic heterocycles. The number of phenols is 1. The molecule has 37 heavy (non-hydrogen) atoms. The lowest BCUT2D eigenvalue weighted by atomic mass is 9.86. The van der Waals surface area contributed by atoms with Crippen molar-refractivity contribution in [2.45, 2.75) is 31.6 Å². The fourth-order valence-corrected chi connectivity index (χ4v) is 6.60. The van der Waals surface area contributed by atoms with E-state index in [0.717, 1.165) is 59.4 Å². The Balaban J connectivity index is 1.42. The lowest BCUT2D eigenvalue weighted by molar-refractivity contribution is 0.0692. The summed E-state index contributed by atoms with van der Waals surface area (Å²) in [5.41, 5.74) is 3.99. The number of carboxylic acids is 1. The molecular weight excluding hydrogens is 486 g/mol. The predicted molar refractivity (Wildman–Crippen MR) is 141 cm³/mol. The molecule has 0 radical (unpaired) electrons. The molecule has 8 heteroatoms. The number of phenolic OH excluding ortho intramolecular Hbond substituents is 1. The van der Waals surface area contributed by atoms with Crippen LogP contribution in [0.3, 0.4) is 0 Å². The average Bonchev–Trinajstić information content (AvgIpc) is 3.34. The van der Waals surface area contributed by atoms with Crippen LogP contribution in [-0.4, -0.2) is 40.0 Å². The number of benzene rings is 3. The van der Waals surface area contributed by atoms with Crippen molar-refractivity contribution in [2.24, 2.45) is 0 Å². The zero-order valence-electron chi connectivity index (χ0n) is 19.9. The number of hydrogen-bond acceptors (Lipinski definition) is 7. The van der Waals surface area contributed by atoms with Gasteiger partial charge in [-0.05, 0) is 67.1 Å². The quantitative estimate of drug-likeness (QED) is 0.352. The minimum absolute atomic E-state index is 0.0110. The summed E-state index contributed by atoms with van der Waals surface area (Å²) in [5, 5.41) is 31.6. The number of aromatic hydroxyl groups is 1. The van der Waals surface area contributed by atoms with Crippen molar-refractivity contribution in [1.82, 2.24) is 4.98 Å². The lowest BCUT2D eigenvalue weighted by Crippen LogP contribution is -2.34. The number of nitriles is 1. The number of aromatic nitrogens is 1. The molecule has 0 fully saturated rings. The van der Waals surface area contributed by atoms with E-state index in [0.29, 0.717) is 17.0 Å². The van der Waals surface area contributed by atoms with Crippen LogP contribution in [0.4, 0.5) is 5.69 Å². The maximum atomic E-state index is 13.7. The summed E-state index contributed by atoms with van der Waals surface area (Å²) in [7, 11) is 0. The van der Waals surface area contributed by atoms with E-state index in [2.05, 4.69) is 16.0 Å². The number of ketones is 1. The molecule has 3 aromatic carbocycles. The average molecular weight is 510 g/mol. The van der Waals surface area contributed by atoms with Gasteiger partial charge in [0.05, 0.1) is 27.4 Å². The number of aryl methyl sites for hydroxylation is 1. The maximum absolute atomic E-state index is 13.7. The highest BCUT2D eigenvalue weighted by atomic mass is 32.1. The maximum Gasteiger partial charge on any atom is 0.336 e. The Bertz CT molecular complexity index is 1600. The molecule has 6 rings (SSSR count). The van der Waals surface area contributed by atoms with Gasteiger partial charge in [0.2, 0.25) is 0 Å². The van der Waals surface area contributed by atoms with E-state index in [9.17, 15) is 25.1 Å². The van der Waals surface area contributed by atoms with Gasteiger partial charge in [0, 0.05) is 29.9 Å². The first-order chi connectivity index (χ1) is 18.0. The van der Waals surface area contributed by atoms with Crippen LogP contribution >= 0.6 is 11.3 Å². The van der Waals surface area contributed by atoms with Gasteiger partial charge in [0.25, 0.3) is 0 Å². The van der Waals surface area contributed by atoms with Gasteiger partial charge in [-0.2, -0.15) is 5.26 Å². The van der Waals surface area contributed by atoms with Crippen molar-refractivity contribution in [1.29, 1.82) is 5.26 Å². The van der Waals surface area contributed by atoms with Gasteiger partial charge in [-0.1, -0.05) is 18.2 Å². The number of aromatic carboxylic acids is 1. The molecule has 4 aromatic rings. The molecule has 0 saturated carbocycles. The van der Waals surface area contributed by atoms with Gasteiger partial charge in [-0.15, -0.1) is 11.3 Å². The molecule has 1 aromatic heterocycles. The first-order valence-corrected chi connectivity index (χ1v) is 13.1. The van der Waals surface area contributed by atoms with Gasteiger partial charge in [0.1, 0.15) is 16.7 Å². The van der Waals surface area contributed by atoms with Crippen molar-refractivity contribution >= 4 is 39.0 Å². The van der Waals surface area contributed by atoms with Gasteiger partial charge in [-0.25, -0.2) is 9.78 Å². The number of para-hydroxylation sites is 1. The van der Waals surface area contributed by atoms with Crippen molar-refractivity contribution in [3.8, 4) is 11.8 Å². The molecule has 1 unspecified atom stereocenters. The third-order valence-electron chi connectivity index (χ3n) is 7.28. The number of hydrogen-bond donors (Lipinski definition) is 2. The van der Waals surface area contributed by atoms with E-state index in [-0.39, 0.29) is 22.4 Å². The smallest absolute Gasteiger partial charge is 0.336 e. The normalized spacial score (nSPS) is 15.2. The van der Waals surface area contributed by atoms with Crippen LogP contribution in [-0.2, 0) is 12.8 Å². The number of carbonyl (C=O) groups excluding carboxylic acids is 1. The Hall–Kier alpha value is -4.22. The van der Waals surface area contributed by atoms with E-state index < -0.39 is 17.7 Å². The summed E-state index contributed by atoms with van der Waals surface area (Å²) >= 11 is 1.39. The number of thiazole rings is 1. The van der Waals surface area contributed by atoms with Crippen LogP contribution in [0.15, 0.2) is 48.5 Å². The van der Waals surface area contributed by atoms with E-state index in [1.165, 1.54) is 23.5 Å². The summed E-state index contributed by atoms with van der Waals surface area (Å²) in [4.78, 5) is 32.8. The number of anilines is 1. The number of nitrogens with zero attached hydrogens (tertiary/aromatic N) is 3. The van der Waals surface area contributed by atoms with Crippen LogP contribution < -0.4 is 4.90 Å². The van der Waals surface area contributed by atoms with Gasteiger partial charge < -0.3 is 15.1 Å². The first-order valence-electron chi connectivity index (χ1n) is 12.3. The van der Waals surface area contributed by atoms with Gasteiger partial charge in [0.15, 0.2) is 5.78 Å². The molecule has 3 heterocycles. The third kappa shape index (κ3) is 3.83. The topological polar surface area (TPSA) is 115 Å². The second kappa shape index (κ2) is 9.02. The van der Waals surface area contributed by atoms with E-state index in [1.54, 1.807) is 12.1 Å². The monoisotopic (exact) mass is 509 g/mol. The SMILES string of the molecule is N#CC(c1ccc(C(=O)c2cc3c4c(c2O)CCCN4CCC3)c(C(=O)O)c1)c1nc2ccccc2s1. The molecule has 0 saturated heterocycles. The molecule has 0 bridgehead atoms. The minimum Gasteiger partial charge on any atom is -0.507 e. The Morgan fingerprint density at radius 3 is 2.57 bits per heavy atom. The summed E-state index contributed by atoms with van der Waals surface area (Å²) in [5.74, 6) is -2.62. The van der Waals surface area contributed by atoms with Gasteiger partial charge >= 0.3 is 5.97 Å². The summed E-state index contributed by atoms with van der Waals surface area (Å²) in [6.45, 7) is 1.87. The van der Waals surface area contributed by atoms with Crippen molar-refractivity contribution in [2.75, 3.05) is 18.0 Å². The fraction of sp³-hybridized carbons (Fsp3) is 0.241. The molecule has 2 aliphatic rings. The van der Waals surface area contributed by atoms with Crippen molar-refractivity contribution in [3.05, 3.63) is 86.9 Å². The largest absolute Gasteiger partial charge is 0.507 e. The Morgan fingerprint density at radius 2 is 1.81 bits per heavy atom. The van der Waals surface area contributed by atoms with Crippen LogP contribution in [0.1, 0.15) is 66.7 Å². The van der Waals surface area contributed by atoms with E-state index in [1.807, 2.05) is 24.3 Å². The number of carbonyl (C=O) groups is 2. The number of fused-ring (bicyclic) bond motifs is 1. The molecule has 1 atom stereocenters. The van der Waals surface area contributed by atoms with E-state index in [4.69, 9.17) is 0 Å².